The van der Waals surface area contributed by atoms with Gasteiger partial charge in [0, 0.05) is 44.0 Å². The second kappa shape index (κ2) is 10.4. The number of carbonyl (C=O) groups is 1. The molecule has 3 rings (SSSR count). The Bertz CT molecular complexity index is 1110. The summed E-state index contributed by atoms with van der Waals surface area (Å²) in [5.41, 5.74) is 7.64. The van der Waals surface area contributed by atoms with E-state index >= 15 is 0 Å². The molecule has 2 aromatic rings. The lowest BCUT2D eigenvalue weighted by Gasteiger charge is -2.34. The van der Waals surface area contributed by atoms with Gasteiger partial charge < -0.3 is 30.4 Å². The molecule has 1 amide bonds. The number of hydrogen-bond donors (Lipinski definition) is 3. The molecule has 1 unspecified atom stereocenters. The molecule has 5 N–H and O–H groups in total. The third-order valence-corrected chi connectivity index (χ3v) is 5.68. The highest BCUT2D eigenvalue weighted by atomic mass is 16.5. The number of fused-ring (bicyclic) bond motifs is 3. The number of amides is 1. The lowest BCUT2D eigenvalue weighted by molar-refractivity contribution is 0.0974. The van der Waals surface area contributed by atoms with Crippen LogP contribution in [0.15, 0.2) is 34.3 Å². The Balaban J connectivity index is 2.08. The van der Waals surface area contributed by atoms with Gasteiger partial charge in [-0.3, -0.25) is 14.9 Å². The molecule has 1 aromatic heterocycles. The molecule has 1 aromatic carbocycles. The minimum Gasteiger partial charge on any atom is -0.493 e. The number of ether oxygens (including phenoxy) is 3. The highest BCUT2D eigenvalue weighted by Crippen LogP contribution is 2.42. The fourth-order valence-corrected chi connectivity index (χ4v) is 3.97. The standard InChI is InChI=1S/C23H31N5O5/c1-13(2)17-8-14-9-21(33-7-5-6-31-3)20(32-4)10-15(14)18-11-19(29)16(12-28(17)18)22(30)26-23(24)27-25/h9-13,17H,5-8,25H2,1-4H3,(H3,24,26,27,30). The normalized spacial score (nSPS) is 15.1. The van der Waals surface area contributed by atoms with Crippen LogP contribution in [0.3, 0.4) is 0 Å². The smallest absolute Gasteiger partial charge is 0.263 e. The summed E-state index contributed by atoms with van der Waals surface area (Å²) in [6.07, 6.45) is 3.04. The Labute approximate surface area is 192 Å². The first-order chi connectivity index (χ1) is 15.8. The topological polar surface area (TPSA) is 143 Å². The second-order valence-corrected chi connectivity index (χ2v) is 8.18. The van der Waals surface area contributed by atoms with Crippen molar-refractivity contribution >= 4 is 11.9 Å². The molecule has 33 heavy (non-hydrogen) atoms. The van der Waals surface area contributed by atoms with Crippen molar-refractivity contribution < 1.29 is 19.0 Å². The Morgan fingerprint density at radius 2 is 2.00 bits per heavy atom. The van der Waals surface area contributed by atoms with Crippen molar-refractivity contribution in [1.82, 2.24) is 9.88 Å². The fraction of sp³-hybridized carbons (Fsp3) is 0.435. The summed E-state index contributed by atoms with van der Waals surface area (Å²) in [6.45, 7) is 5.31. The lowest BCUT2D eigenvalue weighted by Crippen LogP contribution is -2.40. The molecule has 0 fully saturated rings. The number of hydrazone groups is 1. The second-order valence-electron chi connectivity index (χ2n) is 8.18. The summed E-state index contributed by atoms with van der Waals surface area (Å²) in [7, 11) is 3.23. The summed E-state index contributed by atoms with van der Waals surface area (Å²) in [6, 6.07) is 5.34. The highest BCUT2D eigenvalue weighted by molar-refractivity contribution is 6.05. The molecule has 2 heterocycles. The van der Waals surface area contributed by atoms with Crippen LogP contribution in [0.25, 0.3) is 11.3 Å². The van der Waals surface area contributed by atoms with Gasteiger partial charge in [-0.25, -0.2) is 0 Å². The molecule has 0 bridgehead atoms. The van der Waals surface area contributed by atoms with E-state index in [0.29, 0.717) is 36.8 Å². The maximum Gasteiger partial charge on any atom is 0.263 e. The first-order valence-corrected chi connectivity index (χ1v) is 10.7. The largest absolute Gasteiger partial charge is 0.493 e. The Morgan fingerprint density at radius 3 is 2.64 bits per heavy atom. The SMILES string of the molecule is COCCCOc1cc2c(cc1OC)-c1cc(=O)c(C(=O)NC(N)=NN)cn1C(C(C)C)C2. The summed E-state index contributed by atoms with van der Waals surface area (Å²) in [4.78, 5) is 25.4. The van der Waals surface area contributed by atoms with Gasteiger partial charge in [0.05, 0.1) is 19.4 Å². The van der Waals surface area contributed by atoms with Gasteiger partial charge in [0.15, 0.2) is 16.9 Å². The van der Waals surface area contributed by atoms with Crippen molar-refractivity contribution in [3.05, 3.63) is 45.7 Å². The van der Waals surface area contributed by atoms with Crippen LogP contribution in [-0.4, -0.2) is 43.9 Å². The minimum absolute atomic E-state index is 0.0231. The number of guanidine groups is 1. The molecule has 1 aliphatic heterocycles. The first kappa shape index (κ1) is 24.1. The zero-order valence-electron chi connectivity index (χ0n) is 19.4. The van der Waals surface area contributed by atoms with Gasteiger partial charge in [-0.05, 0) is 30.0 Å². The van der Waals surface area contributed by atoms with Crippen LogP contribution in [0.4, 0.5) is 0 Å². The van der Waals surface area contributed by atoms with Gasteiger partial charge in [0.2, 0.25) is 5.96 Å². The Morgan fingerprint density at radius 1 is 1.24 bits per heavy atom. The van der Waals surface area contributed by atoms with Crippen molar-refractivity contribution in [3.63, 3.8) is 0 Å². The first-order valence-electron chi connectivity index (χ1n) is 10.7. The quantitative estimate of drug-likeness (QED) is 0.180. The number of benzene rings is 1. The average Bonchev–Trinajstić information content (AvgIpc) is 2.80. The molecule has 10 heteroatoms. The van der Waals surface area contributed by atoms with E-state index in [4.69, 9.17) is 25.8 Å². The molecule has 10 nitrogen and oxygen atoms in total. The number of nitrogens with two attached hydrogens (primary N) is 2. The number of methoxy groups -OCH3 is 2. The predicted molar refractivity (Wildman–Crippen MR) is 126 cm³/mol. The zero-order valence-corrected chi connectivity index (χ0v) is 19.4. The van der Waals surface area contributed by atoms with Crippen molar-refractivity contribution in [2.75, 3.05) is 27.4 Å². The molecule has 0 saturated heterocycles. The van der Waals surface area contributed by atoms with E-state index in [0.717, 1.165) is 17.5 Å². The summed E-state index contributed by atoms with van der Waals surface area (Å²) in [5, 5.41) is 5.54. The van der Waals surface area contributed by atoms with E-state index < -0.39 is 11.3 Å². The van der Waals surface area contributed by atoms with E-state index in [2.05, 4.69) is 24.3 Å². The van der Waals surface area contributed by atoms with Crippen LogP contribution < -0.4 is 31.8 Å². The Hall–Kier alpha value is -3.53. The molecular weight excluding hydrogens is 426 g/mol. The van der Waals surface area contributed by atoms with Gasteiger partial charge >= 0.3 is 0 Å². The number of aromatic nitrogens is 1. The number of hydrogen-bond acceptors (Lipinski definition) is 7. The molecule has 0 aliphatic carbocycles. The van der Waals surface area contributed by atoms with Gasteiger partial charge in [-0.2, -0.15) is 0 Å². The monoisotopic (exact) mass is 457 g/mol. The third-order valence-electron chi connectivity index (χ3n) is 5.68. The van der Waals surface area contributed by atoms with E-state index in [-0.39, 0.29) is 23.5 Å². The van der Waals surface area contributed by atoms with Crippen molar-refractivity contribution in [1.29, 1.82) is 0 Å². The number of nitrogens with one attached hydrogen (secondary N) is 1. The zero-order chi connectivity index (χ0) is 24.1. The molecule has 178 valence electrons. The number of rotatable bonds is 8. The van der Waals surface area contributed by atoms with Crippen LogP contribution in [-0.2, 0) is 11.2 Å². The molecular formula is C23H31N5O5. The van der Waals surface area contributed by atoms with E-state index in [9.17, 15) is 9.59 Å². The number of carbonyl (C=O) groups excluding carboxylic acids is 1. The minimum atomic E-state index is -0.660. The number of nitrogens with zero attached hydrogens (tertiary/aromatic N) is 2. The summed E-state index contributed by atoms with van der Waals surface area (Å²) < 4.78 is 18.6. The van der Waals surface area contributed by atoms with E-state index in [1.807, 2.05) is 16.7 Å². The molecule has 0 radical (unpaired) electrons. The fourth-order valence-electron chi connectivity index (χ4n) is 3.97. The van der Waals surface area contributed by atoms with Crippen LogP contribution in [0, 0.1) is 5.92 Å². The van der Waals surface area contributed by atoms with E-state index in [1.165, 1.54) is 6.07 Å². The highest BCUT2D eigenvalue weighted by Gasteiger charge is 2.29. The van der Waals surface area contributed by atoms with Crippen molar-refractivity contribution in [2.24, 2.45) is 22.6 Å². The van der Waals surface area contributed by atoms with Crippen LogP contribution >= 0.6 is 0 Å². The van der Waals surface area contributed by atoms with Crippen LogP contribution in [0.5, 0.6) is 11.5 Å². The maximum atomic E-state index is 12.9. The Kier molecular flexibility index (Phi) is 7.59. The molecule has 0 spiro atoms. The third kappa shape index (κ3) is 5.11. The van der Waals surface area contributed by atoms with Gasteiger partial charge in [-0.1, -0.05) is 13.8 Å². The number of pyridine rings is 1. The average molecular weight is 458 g/mol. The van der Waals surface area contributed by atoms with Crippen LogP contribution in [0.2, 0.25) is 0 Å². The van der Waals surface area contributed by atoms with E-state index in [1.54, 1.807) is 20.4 Å². The summed E-state index contributed by atoms with van der Waals surface area (Å²) >= 11 is 0. The molecule has 1 atom stereocenters. The molecule has 0 saturated carbocycles. The van der Waals surface area contributed by atoms with Crippen LogP contribution in [0.1, 0.15) is 42.2 Å². The van der Waals surface area contributed by atoms with Gasteiger partial charge in [0.1, 0.15) is 5.56 Å². The maximum absolute atomic E-state index is 12.9. The van der Waals surface area contributed by atoms with Gasteiger partial charge in [-0.15, -0.1) is 5.10 Å². The molecule has 1 aliphatic rings. The van der Waals surface area contributed by atoms with Crippen molar-refractivity contribution in [3.8, 4) is 22.8 Å². The summed E-state index contributed by atoms with van der Waals surface area (Å²) in [5.74, 6) is 5.61. The van der Waals surface area contributed by atoms with Gasteiger partial charge in [0.25, 0.3) is 5.91 Å². The lowest BCUT2D eigenvalue weighted by atomic mass is 9.87. The van der Waals surface area contributed by atoms with Crippen molar-refractivity contribution in [2.45, 2.75) is 32.7 Å². The predicted octanol–water partition coefficient (Wildman–Crippen LogP) is 1.61.